The van der Waals surface area contributed by atoms with Crippen LogP contribution in [0.15, 0.2) is 0 Å². The Kier molecular flexibility index (Phi) is 4.58. The number of thioether (sulfide) groups is 1. The van der Waals surface area contributed by atoms with E-state index in [1.165, 1.54) is 0 Å². The van der Waals surface area contributed by atoms with Gasteiger partial charge in [-0.3, -0.25) is 4.79 Å². The molecular weight excluding hydrogens is 204 g/mol. The molecule has 0 aliphatic carbocycles. The number of amides is 2. The molecular formula is C8H14N2O3S. The zero-order chi connectivity index (χ0) is 10.4. The molecule has 6 heteroatoms. The van der Waals surface area contributed by atoms with Crippen LogP contribution in [0.4, 0.5) is 4.79 Å². The zero-order valence-electron chi connectivity index (χ0n) is 7.78. The van der Waals surface area contributed by atoms with Gasteiger partial charge in [-0.1, -0.05) is 0 Å². The first kappa shape index (κ1) is 11.2. The summed E-state index contributed by atoms with van der Waals surface area (Å²) in [5.74, 6) is 1.13. The number of nitrogens with one attached hydrogen (secondary N) is 2. The number of hydrogen-bond acceptors (Lipinski definition) is 3. The maximum Gasteiger partial charge on any atom is 0.315 e. The van der Waals surface area contributed by atoms with E-state index in [9.17, 15) is 9.59 Å². The highest BCUT2D eigenvalue weighted by atomic mass is 32.2. The van der Waals surface area contributed by atoms with Crippen molar-refractivity contribution < 1.29 is 14.7 Å². The van der Waals surface area contributed by atoms with Gasteiger partial charge in [0.15, 0.2) is 0 Å². The molecule has 3 N–H and O–H groups in total. The number of rotatable bonds is 4. The van der Waals surface area contributed by atoms with Crippen LogP contribution in [0.5, 0.6) is 0 Å². The van der Waals surface area contributed by atoms with Crippen molar-refractivity contribution in [3.05, 3.63) is 0 Å². The third-order valence-electron chi connectivity index (χ3n) is 1.89. The minimum absolute atomic E-state index is 0.0349. The lowest BCUT2D eigenvalue weighted by Gasteiger charge is -2.11. The highest BCUT2D eigenvalue weighted by Crippen LogP contribution is 2.16. The molecule has 0 spiro atoms. The summed E-state index contributed by atoms with van der Waals surface area (Å²) in [6.45, 7) is 0.182. The van der Waals surface area contributed by atoms with Crippen molar-refractivity contribution in [3.63, 3.8) is 0 Å². The molecule has 1 saturated heterocycles. The van der Waals surface area contributed by atoms with Gasteiger partial charge in [-0.15, -0.1) is 0 Å². The van der Waals surface area contributed by atoms with Crippen LogP contribution in [0.1, 0.15) is 12.8 Å². The summed E-state index contributed by atoms with van der Waals surface area (Å²) < 4.78 is 0. The summed E-state index contributed by atoms with van der Waals surface area (Å²) in [5, 5.41) is 13.6. The minimum atomic E-state index is -0.901. The van der Waals surface area contributed by atoms with Gasteiger partial charge in [-0.05, 0) is 12.2 Å². The second-order valence-corrected chi connectivity index (χ2v) is 4.25. The van der Waals surface area contributed by atoms with Crippen LogP contribution in [0.25, 0.3) is 0 Å². The molecule has 0 aromatic rings. The number of urea groups is 1. The van der Waals surface area contributed by atoms with Crippen LogP contribution in [0.3, 0.4) is 0 Å². The van der Waals surface area contributed by atoms with Crippen molar-refractivity contribution in [1.29, 1.82) is 0 Å². The topological polar surface area (TPSA) is 78.4 Å². The van der Waals surface area contributed by atoms with Crippen LogP contribution in [-0.4, -0.2) is 41.2 Å². The molecule has 1 aliphatic rings. The molecule has 2 amide bonds. The quantitative estimate of drug-likeness (QED) is 0.632. The molecule has 14 heavy (non-hydrogen) atoms. The molecule has 1 heterocycles. The monoisotopic (exact) mass is 218 g/mol. The van der Waals surface area contributed by atoms with Crippen molar-refractivity contribution in [2.75, 3.05) is 18.1 Å². The van der Waals surface area contributed by atoms with Crippen LogP contribution < -0.4 is 10.6 Å². The summed E-state index contributed by atoms with van der Waals surface area (Å²) in [6, 6.07) is -0.0245. The Morgan fingerprint density at radius 1 is 1.50 bits per heavy atom. The van der Waals surface area contributed by atoms with Crippen molar-refractivity contribution in [2.45, 2.75) is 18.9 Å². The van der Waals surface area contributed by atoms with Crippen molar-refractivity contribution in [1.82, 2.24) is 10.6 Å². The predicted octanol–water partition coefficient (Wildman–Crippen LogP) is 0.266. The summed E-state index contributed by atoms with van der Waals surface area (Å²) in [4.78, 5) is 21.3. The van der Waals surface area contributed by atoms with E-state index in [2.05, 4.69) is 10.6 Å². The molecule has 1 unspecified atom stereocenters. The first-order valence-electron chi connectivity index (χ1n) is 4.52. The fraction of sp³-hybridized carbons (Fsp3) is 0.750. The molecule has 1 rings (SSSR count). The lowest BCUT2D eigenvalue weighted by Crippen LogP contribution is -2.42. The summed E-state index contributed by atoms with van der Waals surface area (Å²) >= 11 is 1.82. The van der Waals surface area contributed by atoms with Crippen LogP contribution in [0, 0.1) is 0 Å². The normalized spacial score (nSPS) is 20.4. The highest BCUT2D eigenvalue weighted by Gasteiger charge is 2.16. The number of carboxylic acid groups (broad SMARTS) is 1. The Morgan fingerprint density at radius 3 is 2.86 bits per heavy atom. The summed E-state index contributed by atoms with van der Waals surface area (Å²) in [6.07, 6.45) is 0.962. The molecule has 1 aliphatic heterocycles. The van der Waals surface area contributed by atoms with Crippen molar-refractivity contribution in [3.8, 4) is 0 Å². The molecule has 0 bridgehead atoms. The maximum atomic E-state index is 11.2. The van der Waals surface area contributed by atoms with Gasteiger partial charge < -0.3 is 15.7 Å². The van der Waals surface area contributed by atoms with E-state index < -0.39 is 5.97 Å². The van der Waals surface area contributed by atoms with Crippen LogP contribution in [-0.2, 0) is 4.79 Å². The highest BCUT2D eigenvalue weighted by molar-refractivity contribution is 7.99. The first-order chi connectivity index (χ1) is 6.68. The molecule has 80 valence electrons. The Bertz CT molecular complexity index is 217. The zero-order valence-corrected chi connectivity index (χ0v) is 8.60. The third-order valence-corrected chi connectivity index (χ3v) is 3.05. The van der Waals surface area contributed by atoms with Gasteiger partial charge in [0.1, 0.15) is 0 Å². The van der Waals surface area contributed by atoms with E-state index >= 15 is 0 Å². The van der Waals surface area contributed by atoms with E-state index in [1.54, 1.807) is 0 Å². The summed E-state index contributed by atoms with van der Waals surface area (Å²) in [5.41, 5.74) is 0. The van der Waals surface area contributed by atoms with Crippen molar-refractivity contribution >= 4 is 23.8 Å². The van der Waals surface area contributed by atoms with Crippen LogP contribution >= 0.6 is 11.8 Å². The Labute approximate surface area is 86.6 Å². The molecule has 5 nitrogen and oxygen atoms in total. The van der Waals surface area contributed by atoms with E-state index in [1.807, 2.05) is 11.8 Å². The number of carboxylic acids is 1. The lowest BCUT2D eigenvalue weighted by molar-refractivity contribution is -0.136. The standard InChI is InChI=1S/C8H14N2O3S/c11-7(12)1-3-9-8(13)10-6-2-4-14-5-6/h6H,1-5H2,(H,11,12)(H2,9,10,13). The molecule has 0 aromatic carbocycles. The van der Waals surface area contributed by atoms with Crippen molar-refractivity contribution in [2.24, 2.45) is 0 Å². The maximum absolute atomic E-state index is 11.2. The van der Waals surface area contributed by atoms with Gasteiger partial charge in [-0.2, -0.15) is 11.8 Å². The van der Waals surface area contributed by atoms with E-state index in [-0.39, 0.29) is 25.0 Å². The van der Waals surface area contributed by atoms with E-state index in [0.717, 1.165) is 17.9 Å². The molecule has 1 atom stereocenters. The Hall–Kier alpha value is -0.910. The fourth-order valence-corrected chi connectivity index (χ4v) is 2.32. The summed E-state index contributed by atoms with van der Waals surface area (Å²) in [7, 11) is 0. The Balaban J connectivity index is 2.06. The molecule has 0 saturated carbocycles. The smallest absolute Gasteiger partial charge is 0.315 e. The molecule has 0 aromatic heterocycles. The number of carbonyl (C=O) groups excluding carboxylic acids is 1. The van der Waals surface area contributed by atoms with E-state index in [4.69, 9.17) is 5.11 Å². The predicted molar refractivity (Wildman–Crippen MR) is 54.5 cm³/mol. The van der Waals surface area contributed by atoms with Crippen LogP contribution in [0.2, 0.25) is 0 Å². The average molecular weight is 218 g/mol. The van der Waals surface area contributed by atoms with Gasteiger partial charge in [-0.25, -0.2) is 4.79 Å². The molecule has 1 fully saturated rings. The average Bonchev–Trinajstić information content (AvgIpc) is 2.56. The van der Waals surface area contributed by atoms with E-state index in [0.29, 0.717) is 0 Å². The Morgan fingerprint density at radius 2 is 2.29 bits per heavy atom. The van der Waals surface area contributed by atoms with Gasteiger partial charge in [0.05, 0.1) is 6.42 Å². The first-order valence-corrected chi connectivity index (χ1v) is 5.68. The number of carbonyl (C=O) groups is 2. The lowest BCUT2D eigenvalue weighted by atomic mass is 10.3. The fourth-order valence-electron chi connectivity index (χ4n) is 1.17. The van der Waals surface area contributed by atoms with Gasteiger partial charge in [0.25, 0.3) is 0 Å². The largest absolute Gasteiger partial charge is 0.481 e. The van der Waals surface area contributed by atoms with Gasteiger partial charge >= 0.3 is 12.0 Å². The molecule has 0 radical (unpaired) electrons. The number of aliphatic carboxylic acids is 1. The minimum Gasteiger partial charge on any atom is -0.481 e. The van der Waals surface area contributed by atoms with Gasteiger partial charge in [0.2, 0.25) is 0 Å². The third kappa shape index (κ3) is 4.36. The SMILES string of the molecule is O=C(O)CCNC(=O)NC1CCSC1. The second kappa shape index (κ2) is 5.74. The van der Waals surface area contributed by atoms with Gasteiger partial charge in [0, 0.05) is 18.3 Å². The number of hydrogen-bond donors (Lipinski definition) is 3. The second-order valence-electron chi connectivity index (χ2n) is 3.10.